The van der Waals surface area contributed by atoms with Crippen LogP contribution in [-0.2, 0) is 16.1 Å². The van der Waals surface area contributed by atoms with Crippen LogP contribution in [0.15, 0.2) is 41.6 Å². The van der Waals surface area contributed by atoms with Crippen molar-refractivity contribution in [1.82, 2.24) is 4.90 Å². The SMILES string of the molecule is CCOC(=O)COc1ccc(C(=O)CN2Cc3cc(/C(N)=N/O)ccc3C2=O)c(O)c1. The summed E-state index contributed by atoms with van der Waals surface area (Å²) in [6.45, 7) is 1.50. The molecular weight excluding hydrogens is 406 g/mol. The van der Waals surface area contributed by atoms with Gasteiger partial charge in [-0.05, 0) is 36.8 Å². The highest BCUT2D eigenvalue weighted by atomic mass is 16.6. The van der Waals surface area contributed by atoms with Gasteiger partial charge in [-0.3, -0.25) is 9.59 Å². The van der Waals surface area contributed by atoms with Crippen LogP contribution in [0, 0.1) is 0 Å². The molecule has 0 aliphatic carbocycles. The Hall–Kier alpha value is -4.08. The summed E-state index contributed by atoms with van der Waals surface area (Å²) in [6, 6.07) is 8.76. The highest BCUT2D eigenvalue weighted by Gasteiger charge is 2.30. The molecule has 0 atom stereocenters. The number of nitrogens with two attached hydrogens (primary N) is 1. The van der Waals surface area contributed by atoms with Crippen LogP contribution in [0.25, 0.3) is 0 Å². The number of carbonyl (C=O) groups excluding carboxylic acids is 3. The van der Waals surface area contributed by atoms with Crippen LogP contribution >= 0.6 is 0 Å². The summed E-state index contributed by atoms with van der Waals surface area (Å²) in [4.78, 5) is 37.9. The number of carbonyl (C=O) groups is 3. The zero-order valence-corrected chi connectivity index (χ0v) is 16.7. The number of esters is 1. The molecule has 10 heteroatoms. The molecule has 3 rings (SSSR count). The Labute approximate surface area is 177 Å². The third-order valence-electron chi connectivity index (χ3n) is 4.65. The number of nitrogens with zero attached hydrogens (tertiary/aromatic N) is 2. The average Bonchev–Trinajstić information content (AvgIpc) is 3.06. The molecule has 1 amide bonds. The number of hydrogen-bond donors (Lipinski definition) is 3. The molecule has 0 unspecified atom stereocenters. The monoisotopic (exact) mass is 427 g/mol. The number of oxime groups is 1. The fourth-order valence-corrected chi connectivity index (χ4v) is 3.17. The Morgan fingerprint density at radius 3 is 2.68 bits per heavy atom. The molecule has 0 saturated carbocycles. The number of amides is 1. The van der Waals surface area contributed by atoms with E-state index in [0.717, 1.165) is 0 Å². The number of Topliss-reactive ketones (excluding diaryl/α,β-unsaturated/α-hetero) is 1. The van der Waals surface area contributed by atoms with Gasteiger partial charge in [0.15, 0.2) is 18.2 Å². The van der Waals surface area contributed by atoms with Crippen molar-refractivity contribution >= 4 is 23.5 Å². The minimum absolute atomic E-state index is 0.0181. The van der Waals surface area contributed by atoms with Gasteiger partial charge in [0.25, 0.3) is 5.91 Å². The molecule has 0 aromatic heterocycles. The molecule has 10 nitrogen and oxygen atoms in total. The molecule has 1 aliphatic rings. The summed E-state index contributed by atoms with van der Waals surface area (Å²) in [5.74, 6) is -1.56. The first-order chi connectivity index (χ1) is 14.8. The number of amidine groups is 1. The molecule has 162 valence electrons. The van der Waals surface area contributed by atoms with Crippen molar-refractivity contribution in [1.29, 1.82) is 0 Å². The van der Waals surface area contributed by atoms with Crippen molar-refractivity contribution in [3.8, 4) is 11.5 Å². The Kier molecular flexibility index (Phi) is 6.39. The second kappa shape index (κ2) is 9.16. The standard InChI is InChI=1S/C21H21N3O7/c1-2-30-19(27)11-31-14-4-6-16(17(25)8-14)18(26)10-24-9-13-7-12(20(22)23-29)3-5-15(13)21(24)28/h3-8,25,29H,2,9-11H2,1H3,(H2,22,23). The molecule has 1 heterocycles. The lowest BCUT2D eigenvalue weighted by molar-refractivity contribution is -0.145. The summed E-state index contributed by atoms with van der Waals surface area (Å²) in [5.41, 5.74) is 7.13. The Balaban J connectivity index is 1.67. The summed E-state index contributed by atoms with van der Waals surface area (Å²) in [7, 11) is 0. The number of phenolic OH excluding ortho intramolecular Hbond substituents is 1. The van der Waals surface area contributed by atoms with Gasteiger partial charge in [-0.2, -0.15) is 0 Å². The minimum atomic E-state index is -0.551. The lowest BCUT2D eigenvalue weighted by Crippen LogP contribution is -2.30. The normalized spacial score (nSPS) is 13.1. The minimum Gasteiger partial charge on any atom is -0.507 e. The second-order valence-electron chi connectivity index (χ2n) is 6.71. The smallest absolute Gasteiger partial charge is 0.344 e. The van der Waals surface area contributed by atoms with E-state index in [1.54, 1.807) is 25.1 Å². The van der Waals surface area contributed by atoms with Gasteiger partial charge in [0.2, 0.25) is 0 Å². The molecule has 2 aromatic carbocycles. The van der Waals surface area contributed by atoms with E-state index < -0.39 is 11.8 Å². The van der Waals surface area contributed by atoms with Crippen LogP contribution in [-0.4, -0.2) is 58.5 Å². The summed E-state index contributed by atoms with van der Waals surface area (Å²) in [6.07, 6.45) is 0. The Morgan fingerprint density at radius 2 is 2.00 bits per heavy atom. The molecular formula is C21H21N3O7. The van der Waals surface area contributed by atoms with Gasteiger partial charge < -0.3 is 30.4 Å². The number of benzene rings is 2. The first-order valence-electron chi connectivity index (χ1n) is 9.38. The van der Waals surface area contributed by atoms with Gasteiger partial charge in [0, 0.05) is 23.7 Å². The number of fused-ring (bicyclic) bond motifs is 1. The molecule has 0 spiro atoms. The topological polar surface area (TPSA) is 152 Å². The van der Waals surface area contributed by atoms with Gasteiger partial charge in [0.05, 0.1) is 18.7 Å². The predicted octanol–water partition coefficient (Wildman–Crippen LogP) is 1.27. The molecule has 1 aliphatic heterocycles. The van der Waals surface area contributed by atoms with Crippen molar-refractivity contribution in [3.63, 3.8) is 0 Å². The van der Waals surface area contributed by atoms with Gasteiger partial charge in [0.1, 0.15) is 11.5 Å². The van der Waals surface area contributed by atoms with Gasteiger partial charge >= 0.3 is 5.97 Å². The van der Waals surface area contributed by atoms with E-state index in [9.17, 15) is 19.5 Å². The highest BCUT2D eigenvalue weighted by Crippen LogP contribution is 2.27. The molecule has 0 saturated heterocycles. The fourth-order valence-electron chi connectivity index (χ4n) is 3.17. The maximum absolute atomic E-state index is 12.7. The number of ether oxygens (including phenoxy) is 2. The van der Waals surface area contributed by atoms with Gasteiger partial charge in [-0.25, -0.2) is 4.79 Å². The van der Waals surface area contributed by atoms with Gasteiger partial charge in [-0.1, -0.05) is 11.2 Å². The number of phenols is 1. The average molecular weight is 427 g/mol. The molecule has 4 N–H and O–H groups in total. The quantitative estimate of drug-likeness (QED) is 0.142. The van der Waals surface area contributed by atoms with E-state index in [2.05, 4.69) is 5.16 Å². The van der Waals surface area contributed by atoms with Crippen LogP contribution in [0.3, 0.4) is 0 Å². The third-order valence-corrected chi connectivity index (χ3v) is 4.65. The van der Waals surface area contributed by atoms with E-state index in [4.69, 9.17) is 20.4 Å². The fraction of sp³-hybridized carbons (Fsp3) is 0.238. The van der Waals surface area contributed by atoms with Gasteiger partial charge in [-0.15, -0.1) is 0 Å². The maximum atomic E-state index is 12.7. The lowest BCUT2D eigenvalue weighted by Gasteiger charge is -2.15. The van der Waals surface area contributed by atoms with E-state index in [0.29, 0.717) is 16.7 Å². The molecule has 0 bridgehead atoms. The third kappa shape index (κ3) is 4.74. The van der Waals surface area contributed by atoms with E-state index in [1.165, 1.54) is 23.1 Å². The van der Waals surface area contributed by atoms with Crippen LogP contribution in [0.5, 0.6) is 11.5 Å². The number of hydrogen-bond acceptors (Lipinski definition) is 8. The van der Waals surface area contributed by atoms with Crippen molar-refractivity contribution in [2.24, 2.45) is 10.9 Å². The zero-order chi connectivity index (χ0) is 22.5. The summed E-state index contributed by atoms with van der Waals surface area (Å²) >= 11 is 0. The first-order valence-corrected chi connectivity index (χ1v) is 9.38. The number of rotatable bonds is 8. The van der Waals surface area contributed by atoms with Crippen molar-refractivity contribution in [2.75, 3.05) is 19.8 Å². The maximum Gasteiger partial charge on any atom is 0.344 e. The van der Waals surface area contributed by atoms with Crippen molar-refractivity contribution in [2.45, 2.75) is 13.5 Å². The van der Waals surface area contributed by atoms with Crippen LogP contribution < -0.4 is 10.5 Å². The summed E-state index contributed by atoms with van der Waals surface area (Å²) in [5, 5.41) is 21.9. The van der Waals surface area contributed by atoms with E-state index >= 15 is 0 Å². The van der Waals surface area contributed by atoms with Crippen molar-refractivity contribution < 1.29 is 34.2 Å². The molecule has 2 aromatic rings. The van der Waals surface area contributed by atoms with E-state index in [1.807, 2.05) is 0 Å². The molecule has 0 radical (unpaired) electrons. The zero-order valence-electron chi connectivity index (χ0n) is 16.7. The Bertz CT molecular complexity index is 1060. The number of aromatic hydroxyl groups is 1. The first kappa shape index (κ1) is 21.6. The van der Waals surface area contributed by atoms with Crippen LogP contribution in [0.4, 0.5) is 0 Å². The molecule has 31 heavy (non-hydrogen) atoms. The second-order valence-corrected chi connectivity index (χ2v) is 6.71. The highest BCUT2D eigenvalue weighted by molar-refractivity contribution is 6.06. The summed E-state index contributed by atoms with van der Waals surface area (Å²) < 4.78 is 9.97. The van der Waals surface area contributed by atoms with Crippen molar-refractivity contribution in [3.05, 3.63) is 58.7 Å². The van der Waals surface area contributed by atoms with Crippen LogP contribution in [0.1, 0.15) is 38.8 Å². The van der Waals surface area contributed by atoms with Crippen LogP contribution in [0.2, 0.25) is 0 Å². The lowest BCUT2D eigenvalue weighted by atomic mass is 10.1. The predicted molar refractivity (Wildman–Crippen MR) is 108 cm³/mol. The molecule has 0 fully saturated rings. The van der Waals surface area contributed by atoms with E-state index in [-0.39, 0.29) is 55.1 Å². The number of ketones is 1. The largest absolute Gasteiger partial charge is 0.507 e. The Morgan fingerprint density at radius 1 is 1.23 bits per heavy atom.